The number of carbonyl (C=O) groups is 1. The molecule has 3 aromatic carbocycles. The zero-order chi connectivity index (χ0) is 23.1. The first-order valence-corrected chi connectivity index (χ1v) is 11.8. The smallest absolute Gasteiger partial charge is 0.167 e. The third-order valence-electron chi connectivity index (χ3n) is 7.58. The van der Waals surface area contributed by atoms with Crippen molar-refractivity contribution in [1.82, 2.24) is 0 Å². The molecule has 166 valence electrons. The highest BCUT2D eigenvalue weighted by molar-refractivity contribution is 6.07. The molecule has 4 rings (SSSR count). The molecule has 0 fully saturated rings. The molecule has 0 spiro atoms. The van der Waals surface area contributed by atoms with E-state index in [1.165, 1.54) is 11.1 Å². The van der Waals surface area contributed by atoms with Crippen LogP contribution >= 0.6 is 0 Å². The van der Waals surface area contributed by atoms with Gasteiger partial charge in [-0.2, -0.15) is 0 Å². The molecule has 0 N–H and O–H groups in total. The van der Waals surface area contributed by atoms with E-state index < -0.39 is 0 Å². The lowest BCUT2D eigenvalue weighted by atomic mass is 9.82. The van der Waals surface area contributed by atoms with Gasteiger partial charge < -0.3 is 4.90 Å². The largest absolute Gasteiger partial charge is 0.310 e. The van der Waals surface area contributed by atoms with Gasteiger partial charge in [0.15, 0.2) is 5.78 Å². The van der Waals surface area contributed by atoms with E-state index in [1.807, 2.05) is 0 Å². The molecular weight excluding hydrogens is 390 g/mol. The molecule has 0 amide bonds. The molecule has 0 saturated carbocycles. The van der Waals surface area contributed by atoms with Crippen LogP contribution in [0.25, 0.3) is 0 Å². The van der Waals surface area contributed by atoms with Crippen LogP contribution in [0.4, 0.5) is 17.1 Å². The van der Waals surface area contributed by atoms with Gasteiger partial charge in [0.1, 0.15) is 0 Å². The highest BCUT2D eigenvalue weighted by Crippen LogP contribution is 2.39. The predicted octanol–water partition coefficient (Wildman–Crippen LogP) is 8.27. The molecule has 0 saturated heterocycles. The maximum Gasteiger partial charge on any atom is 0.167 e. The fourth-order valence-electron chi connectivity index (χ4n) is 4.26. The minimum absolute atomic E-state index is 0.152. The molecule has 1 aliphatic rings. The Bertz CT molecular complexity index is 1060. The van der Waals surface area contributed by atoms with Crippen molar-refractivity contribution in [2.24, 2.45) is 0 Å². The molecular formula is C30H35NO. The van der Waals surface area contributed by atoms with E-state index in [-0.39, 0.29) is 16.6 Å². The molecule has 0 aromatic heterocycles. The van der Waals surface area contributed by atoms with Gasteiger partial charge in [-0.15, -0.1) is 0 Å². The van der Waals surface area contributed by atoms with Gasteiger partial charge in [0.05, 0.1) is 0 Å². The second-order valence-electron chi connectivity index (χ2n) is 10.3. The molecule has 3 aromatic rings. The second-order valence-corrected chi connectivity index (χ2v) is 10.3. The number of Topliss-reactive ketones (excluding diaryl/α,β-unsaturated/α-hetero) is 1. The van der Waals surface area contributed by atoms with Crippen LogP contribution in [0, 0.1) is 0 Å². The average Bonchev–Trinajstić information content (AvgIpc) is 2.80. The summed E-state index contributed by atoms with van der Waals surface area (Å²) in [6.45, 7) is 13.6. The summed E-state index contributed by atoms with van der Waals surface area (Å²) in [7, 11) is 0. The standard InChI is InChI=1S/C30H35NO/c1-7-29(3,4)22-10-15-24(16-11-22)31(26-14-9-21-19-28(32)27(21)20-26)25-17-12-23(13-18-25)30(5,6)8-2/h9-18,20H,7-8,19H2,1-6H3. The highest BCUT2D eigenvalue weighted by Gasteiger charge is 2.26. The molecule has 2 heteroatoms. The number of nitrogens with zero attached hydrogens (tertiary/aromatic N) is 1. The van der Waals surface area contributed by atoms with Crippen molar-refractivity contribution >= 4 is 22.8 Å². The Balaban J connectivity index is 1.78. The fraction of sp³-hybridized carbons (Fsp3) is 0.367. The Morgan fingerprint density at radius 2 is 1.12 bits per heavy atom. The van der Waals surface area contributed by atoms with E-state index in [9.17, 15) is 4.79 Å². The third-order valence-corrected chi connectivity index (χ3v) is 7.58. The first kappa shape index (κ1) is 22.3. The van der Waals surface area contributed by atoms with E-state index in [0.717, 1.165) is 41.0 Å². The summed E-state index contributed by atoms with van der Waals surface area (Å²) >= 11 is 0. The zero-order valence-corrected chi connectivity index (χ0v) is 20.3. The Morgan fingerprint density at radius 1 is 0.688 bits per heavy atom. The summed E-state index contributed by atoms with van der Waals surface area (Å²) in [6, 6.07) is 24.1. The van der Waals surface area contributed by atoms with E-state index >= 15 is 0 Å². The van der Waals surface area contributed by atoms with Crippen LogP contribution in [0.15, 0.2) is 66.7 Å². The lowest BCUT2D eigenvalue weighted by molar-refractivity contribution is 0.0968. The summed E-state index contributed by atoms with van der Waals surface area (Å²) < 4.78 is 0. The fourth-order valence-corrected chi connectivity index (χ4v) is 4.26. The molecule has 0 bridgehead atoms. The van der Waals surface area contributed by atoms with E-state index in [1.54, 1.807) is 0 Å². The monoisotopic (exact) mass is 425 g/mol. The van der Waals surface area contributed by atoms with Gasteiger partial charge >= 0.3 is 0 Å². The number of ketones is 1. The number of carbonyl (C=O) groups excluding carboxylic acids is 1. The van der Waals surface area contributed by atoms with Crippen LogP contribution < -0.4 is 4.90 Å². The normalized spacial score (nSPS) is 13.5. The summed E-state index contributed by atoms with van der Waals surface area (Å²) in [4.78, 5) is 14.4. The highest BCUT2D eigenvalue weighted by atomic mass is 16.1. The summed E-state index contributed by atoms with van der Waals surface area (Å²) in [5.41, 5.74) is 8.25. The van der Waals surface area contributed by atoms with Gasteiger partial charge in [-0.1, -0.05) is 71.9 Å². The van der Waals surface area contributed by atoms with Crippen LogP contribution in [-0.4, -0.2) is 5.78 Å². The van der Waals surface area contributed by atoms with Gasteiger partial charge in [0.2, 0.25) is 0 Å². The summed E-state index contributed by atoms with van der Waals surface area (Å²) in [6.07, 6.45) is 2.76. The number of hydrogen-bond acceptors (Lipinski definition) is 2. The summed E-state index contributed by atoms with van der Waals surface area (Å²) in [5, 5.41) is 0. The number of rotatable bonds is 7. The van der Waals surface area contributed by atoms with Crippen LogP contribution in [0.1, 0.15) is 81.4 Å². The quantitative estimate of drug-likeness (QED) is 0.379. The first-order chi connectivity index (χ1) is 15.2. The number of hydrogen-bond donors (Lipinski definition) is 0. The first-order valence-electron chi connectivity index (χ1n) is 11.8. The van der Waals surface area contributed by atoms with Crippen molar-refractivity contribution in [2.75, 3.05) is 4.90 Å². The van der Waals surface area contributed by atoms with E-state index in [0.29, 0.717) is 6.42 Å². The molecule has 0 atom stereocenters. The van der Waals surface area contributed by atoms with Gasteiger partial charge in [-0.25, -0.2) is 0 Å². The zero-order valence-electron chi connectivity index (χ0n) is 20.3. The molecule has 0 aliphatic heterocycles. The molecule has 1 aliphatic carbocycles. The van der Waals surface area contributed by atoms with Crippen molar-refractivity contribution < 1.29 is 4.79 Å². The average molecular weight is 426 g/mol. The van der Waals surface area contributed by atoms with Gasteiger partial charge in [-0.3, -0.25) is 4.79 Å². The molecule has 0 unspecified atom stereocenters. The lowest BCUT2D eigenvalue weighted by Crippen LogP contribution is -2.20. The van der Waals surface area contributed by atoms with E-state index in [2.05, 4.69) is 113 Å². The predicted molar refractivity (Wildman–Crippen MR) is 136 cm³/mol. The molecule has 0 radical (unpaired) electrons. The van der Waals surface area contributed by atoms with Crippen LogP contribution in [0.5, 0.6) is 0 Å². The van der Waals surface area contributed by atoms with Gasteiger partial charge in [0.25, 0.3) is 0 Å². The number of anilines is 3. The number of fused-ring (bicyclic) bond motifs is 1. The molecule has 0 heterocycles. The number of benzene rings is 3. The second kappa shape index (κ2) is 8.24. The maximum atomic E-state index is 12.1. The Hall–Kier alpha value is -2.87. The maximum absolute atomic E-state index is 12.1. The van der Waals surface area contributed by atoms with Crippen LogP contribution in [-0.2, 0) is 17.3 Å². The van der Waals surface area contributed by atoms with Crippen molar-refractivity contribution in [3.05, 3.63) is 89.0 Å². The van der Waals surface area contributed by atoms with Gasteiger partial charge in [0, 0.05) is 29.0 Å². The Kier molecular flexibility index (Phi) is 5.75. The van der Waals surface area contributed by atoms with Crippen LogP contribution in [0.3, 0.4) is 0 Å². The lowest BCUT2D eigenvalue weighted by Gasteiger charge is -2.30. The Labute approximate surface area is 193 Å². The van der Waals surface area contributed by atoms with Crippen molar-refractivity contribution in [1.29, 1.82) is 0 Å². The minimum atomic E-state index is 0.152. The van der Waals surface area contributed by atoms with Gasteiger partial charge in [-0.05, 0) is 76.8 Å². The topological polar surface area (TPSA) is 20.3 Å². The van der Waals surface area contributed by atoms with Crippen molar-refractivity contribution in [2.45, 2.75) is 71.6 Å². The van der Waals surface area contributed by atoms with Crippen LogP contribution in [0.2, 0.25) is 0 Å². The Morgan fingerprint density at radius 3 is 1.53 bits per heavy atom. The minimum Gasteiger partial charge on any atom is -0.310 e. The summed E-state index contributed by atoms with van der Waals surface area (Å²) in [5.74, 6) is 0.238. The SMILES string of the molecule is CCC(C)(C)c1ccc(N(c2ccc(C(C)(C)CC)cc2)c2ccc3c(c2)C(=O)C3)cc1. The van der Waals surface area contributed by atoms with Crippen molar-refractivity contribution in [3.8, 4) is 0 Å². The third kappa shape index (κ3) is 3.99. The molecule has 32 heavy (non-hydrogen) atoms. The molecule has 2 nitrogen and oxygen atoms in total. The van der Waals surface area contributed by atoms with E-state index in [4.69, 9.17) is 0 Å². The van der Waals surface area contributed by atoms with Crippen molar-refractivity contribution in [3.63, 3.8) is 0 Å².